The number of fused-ring (bicyclic) bond motifs is 1. The summed E-state index contributed by atoms with van der Waals surface area (Å²) in [6, 6.07) is -1.61. The number of rotatable bonds is 3. The number of hydrogen-bond acceptors (Lipinski definition) is 6. The highest BCUT2D eigenvalue weighted by atomic mass is 32.2. The molecule has 2 aliphatic rings. The zero-order valence-corrected chi connectivity index (χ0v) is 14.5. The van der Waals surface area contributed by atoms with Gasteiger partial charge in [0.2, 0.25) is 21.8 Å². The topological polar surface area (TPSA) is 122 Å². The summed E-state index contributed by atoms with van der Waals surface area (Å²) in [7, 11) is -3.80. The minimum absolute atomic E-state index is 0.0303. The van der Waals surface area contributed by atoms with E-state index in [1.807, 2.05) is 0 Å². The number of piperidine rings is 1. The summed E-state index contributed by atoms with van der Waals surface area (Å²) >= 11 is 0. The van der Waals surface area contributed by atoms with Crippen LogP contribution >= 0.6 is 0 Å². The molecule has 10 heteroatoms. The normalized spacial score (nSPS) is 27.8. The second-order valence-electron chi connectivity index (χ2n) is 6.27. The zero-order valence-electron chi connectivity index (χ0n) is 13.7. The van der Waals surface area contributed by atoms with Gasteiger partial charge in [0.15, 0.2) is 5.76 Å². The molecule has 2 fully saturated rings. The number of aryl methyl sites for hydroxylation is 2. The summed E-state index contributed by atoms with van der Waals surface area (Å²) in [5, 5.41) is 6.29. The molecule has 1 aromatic heterocycles. The van der Waals surface area contributed by atoms with Gasteiger partial charge in [-0.3, -0.25) is 9.59 Å². The fraction of sp³-hybridized carbons (Fsp3) is 0.643. The van der Waals surface area contributed by atoms with E-state index in [1.54, 1.807) is 13.8 Å². The maximum absolute atomic E-state index is 12.6. The van der Waals surface area contributed by atoms with Gasteiger partial charge in [0.1, 0.15) is 22.7 Å². The highest BCUT2D eigenvalue weighted by Gasteiger charge is 2.43. The molecule has 2 saturated heterocycles. The van der Waals surface area contributed by atoms with Crippen molar-refractivity contribution in [2.75, 3.05) is 6.54 Å². The van der Waals surface area contributed by atoms with Crippen LogP contribution in [-0.4, -0.2) is 55.0 Å². The smallest absolute Gasteiger partial charge is 0.246 e. The minimum atomic E-state index is -3.80. The van der Waals surface area contributed by atoms with Gasteiger partial charge in [0, 0.05) is 12.6 Å². The largest absolute Gasteiger partial charge is 0.360 e. The van der Waals surface area contributed by atoms with Crippen LogP contribution in [0.4, 0.5) is 0 Å². The van der Waals surface area contributed by atoms with Crippen molar-refractivity contribution in [1.82, 2.24) is 20.1 Å². The lowest BCUT2D eigenvalue weighted by Gasteiger charge is -2.43. The molecule has 0 bridgehead atoms. The first-order valence-corrected chi connectivity index (χ1v) is 9.25. The third kappa shape index (κ3) is 2.80. The Bertz CT molecular complexity index is 768. The Balaban J connectivity index is 1.77. The summed E-state index contributed by atoms with van der Waals surface area (Å²) in [4.78, 5) is 25.8. The van der Waals surface area contributed by atoms with Gasteiger partial charge in [0.05, 0.1) is 0 Å². The third-order valence-electron chi connectivity index (χ3n) is 4.48. The maximum atomic E-state index is 12.6. The van der Waals surface area contributed by atoms with E-state index in [9.17, 15) is 18.0 Å². The third-order valence-corrected chi connectivity index (χ3v) is 6.24. The molecule has 9 nitrogen and oxygen atoms in total. The van der Waals surface area contributed by atoms with Crippen LogP contribution in [0.5, 0.6) is 0 Å². The van der Waals surface area contributed by atoms with Crippen LogP contribution in [0.25, 0.3) is 0 Å². The number of piperazine rings is 1. The summed E-state index contributed by atoms with van der Waals surface area (Å²) < 4.78 is 32.7. The second-order valence-corrected chi connectivity index (χ2v) is 7.92. The Kier molecular flexibility index (Phi) is 4.12. The van der Waals surface area contributed by atoms with Crippen LogP contribution in [0.15, 0.2) is 9.42 Å². The standard InChI is InChI=1S/C14H20N4O5S/c1-7-12(9(3)23-16-7)24(21,22)17-10-4-5-18-11(6-10)13(19)15-8(2)14(18)20/h8,10-11,17H,4-6H2,1-3H3,(H,15,19)/t8-,10-,11-/m0/s1. The Morgan fingerprint density at radius 3 is 2.67 bits per heavy atom. The Morgan fingerprint density at radius 1 is 1.33 bits per heavy atom. The fourth-order valence-electron chi connectivity index (χ4n) is 3.34. The van der Waals surface area contributed by atoms with E-state index in [2.05, 4.69) is 15.2 Å². The fourth-order valence-corrected chi connectivity index (χ4v) is 4.95. The molecule has 1 aromatic rings. The number of nitrogens with zero attached hydrogens (tertiary/aromatic N) is 2. The average molecular weight is 356 g/mol. The van der Waals surface area contributed by atoms with E-state index in [1.165, 1.54) is 11.8 Å². The SMILES string of the molecule is Cc1noc(C)c1S(=O)(=O)N[C@H]1CCN2C(=O)[C@H](C)NC(=O)[C@@H]2C1. The van der Waals surface area contributed by atoms with Crippen molar-refractivity contribution in [3.05, 3.63) is 11.5 Å². The molecule has 0 aromatic carbocycles. The van der Waals surface area contributed by atoms with Crippen molar-refractivity contribution in [3.8, 4) is 0 Å². The minimum Gasteiger partial charge on any atom is -0.360 e. The molecule has 0 radical (unpaired) electrons. The van der Waals surface area contributed by atoms with Crippen molar-refractivity contribution >= 4 is 21.8 Å². The van der Waals surface area contributed by atoms with E-state index < -0.39 is 28.1 Å². The number of nitrogens with one attached hydrogen (secondary N) is 2. The molecular formula is C14H20N4O5S. The molecule has 0 saturated carbocycles. The van der Waals surface area contributed by atoms with E-state index in [0.717, 1.165) is 0 Å². The van der Waals surface area contributed by atoms with Gasteiger partial charge in [-0.1, -0.05) is 5.16 Å². The van der Waals surface area contributed by atoms with Gasteiger partial charge in [-0.2, -0.15) is 0 Å². The lowest BCUT2D eigenvalue weighted by Crippen LogP contribution is -2.66. The van der Waals surface area contributed by atoms with Crippen LogP contribution < -0.4 is 10.0 Å². The van der Waals surface area contributed by atoms with Gasteiger partial charge in [-0.15, -0.1) is 0 Å². The summed E-state index contributed by atoms with van der Waals surface area (Å²) in [6.07, 6.45) is 0.692. The first-order valence-electron chi connectivity index (χ1n) is 7.76. The highest BCUT2D eigenvalue weighted by Crippen LogP contribution is 2.25. The van der Waals surface area contributed by atoms with Gasteiger partial charge in [-0.05, 0) is 33.6 Å². The highest BCUT2D eigenvalue weighted by molar-refractivity contribution is 7.89. The molecule has 0 unspecified atom stereocenters. The van der Waals surface area contributed by atoms with Crippen LogP contribution in [0.1, 0.15) is 31.2 Å². The number of carbonyl (C=O) groups is 2. The van der Waals surface area contributed by atoms with Gasteiger partial charge < -0.3 is 14.7 Å². The molecule has 2 aliphatic heterocycles. The molecule has 0 spiro atoms. The van der Waals surface area contributed by atoms with Crippen LogP contribution in [0.3, 0.4) is 0 Å². The molecule has 2 N–H and O–H groups in total. The molecule has 3 heterocycles. The van der Waals surface area contributed by atoms with Crippen molar-refractivity contribution in [2.45, 2.75) is 56.6 Å². The second kappa shape index (κ2) is 5.85. The van der Waals surface area contributed by atoms with Crippen molar-refractivity contribution in [1.29, 1.82) is 0 Å². The van der Waals surface area contributed by atoms with Gasteiger partial charge in [-0.25, -0.2) is 13.1 Å². The van der Waals surface area contributed by atoms with E-state index in [4.69, 9.17) is 4.52 Å². The van der Waals surface area contributed by atoms with E-state index in [-0.39, 0.29) is 34.6 Å². The van der Waals surface area contributed by atoms with Gasteiger partial charge in [0.25, 0.3) is 0 Å². The number of carbonyl (C=O) groups excluding carboxylic acids is 2. The summed E-state index contributed by atoms with van der Waals surface area (Å²) in [6.45, 7) is 5.08. The van der Waals surface area contributed by atoms with Crippen LogP contribution in [-0.2, 0) is 19.6 Å². The summed E-state index contributed by atoms with van der Waals surface area (Å²) in [5.74, 6) is -0.160. The predicted molar refractivity (Wildman–Crippen MR) is 82.4 cm³/mol. The van der Waals surface area contributed by atoms with Crippen LogP contribution in [0, 0.1) is 13.8 Å². The lowest BCUT2D eigenvalue weighted by molar-refractivity contribution is -0.151. The van der Waals surface area contributed by atoms with Crippen LogP contribution in [0.2, 0.25) is 0 Å². The summed E-state index contributed by atoms with van der Waals surface area (Å²) in [5.41, 5.74) is 0.289. The molecule has 0 aliphatic carbocycles. The Hall–Kier alpha value is -1.94. The first-order chi connectivity index (χ1) is 11.2. The molecule has 24 heavy (non-hydrogen) atoms. The van der Waals surface area contributed by atoms with E-state index >= 15 is 0 Å². The molecule has 3 atom stereocenters. The number of sulfonamides is 1. The number of amides is 2. The number of hydrogen-bond donors (Lipinski definition) is 2. The molecule has 3 rings (SSSR count). The van der Waals surface area contributed by atoms with Gasteiger partial charge >= 0.3 is 0 Å². The Labute approximate surface area is 139 Å². The lowest BCUT2D eigenvalue weighted by atomic mass is 9.94. The first kappa shape index (κ1) is 16.9. The molecule has 2 amide bonds. The average Bonchev–Trinajstić information content (AvgIpc) is 2.84. The molecule has 132 valence electrons. The number of aromatic nitrogens is 1. The molecular weight excluding hydrogens is 336 g/mol. The van der Waals surface area contributed by atoms with Crippen molar-refractivity contribution < 1.29 is 22.5 Å². The van der Waals surface area contributed by atoms with Crippen molar-refractivity contribution in [3.63, 3.8) is 0 Å². The predicted octanol–water partition coefficient (Wildman–Crippen LogP) is -0.552. The zero-order chi connectivity index (χ0) is 17.6. The quantitative estimate of drug-likeness (QED) is 0.749. The van der Waals surface area contributed by atoms with Crippen molar-refractivity contribution in [2.24, 2.45) is 0 Å². The Morgan fingerprint density at radius 2 is 2.04 bits per heavy atom. The monoisotopic (exact) mass is 356 g/mol. The van der Waals surface area contributed by atoms with E-state index in [0.29, 0.717) is 13.0 Å². The maximum Gasteiger partial charge on any atom is 0.246 e.